The minimum atomic E-state index is 0.627. The zero-order valence-corrected chi connectivity index (χ0v) is 11.2. The molecule has 2 aromatic rings. The first-order valence-electron chi connectivity index (χ1n) is 7.38. The van der Waals surface area contributed by atoms with E-state index in [-0.39, 0.29) is 0 Å². The standard InChI is InChI=1S/C17H20N2/c1-2-4-14-11-15(6-5-13(14)3-1)18-16-9-10-19(12-16)17-7-8-17/h1-6,11,16-18H,7-10,12H2. The predicted octanol–water partition coefficient (Wildman–Crippen LogP) is 3.49. The first-order valence-corrected chi connectivity index (χ1v) is 7.38. The van der Waals surface area contributed by atoms with E-state index in [2.05, 4.69) is 52.7 Å². The average molecular weight is 252 g/mol. The van der Waals surface area contributed by atoms with Gasteiger partial charge in [0.1, 0.15) is 0 Å². The second-order valence-corrected chi connectivity index (χ2v) is 5.92. The fraction of sp³-hybridized carbons (Fsp3) is 0.412. The number of rotatable bonds is 3. The Morgan fingerprint density at radius 1 is 0.947 bits per heavy atom. The topological polar surface area (TPSA) is 15.3 Å². The van der Waals surface area contributed by atoms with Crippen LogP contribution >= 0.6 is 0 Å². The summed E-state index contributed by atoms with van der Waals surface area (Å²) >= 11 is 0. The van der Waals surface area contributed by atoms with E-state index < -0.39 is 0 Å². The molecule has 1 aliphatic heterocycles. The fourth-order valence-corrected chi connectivity index (χ4v) is 3.19. The molecule has 19 heavy (non-hydrogen) atoms. The van der Waals surface area contributed by atoms with E-state index >= 15 is 0 Å². The molecule has 98 valence electrons. The SMILES string of the molecule is c1ccc2cc(NC3CCN(C4CC4)C3)ccc2c1. The Bertz CT molecular complexity index is 589. The van der Waals surface area contributed by atoms with Crippen LogP contribution < -0.4 is 5.32 Å². The van der Waals surface area contributed by atoms with Crippen molar-refractivity contribution < 1.29 is 0 Å². The summed E-state index contributed by atoms with van der Waals surface area (Å²) in [4.78, 5) is 2.65. The van der Waals surface area contributed by atoms with Gasteiger partial charge >= 0.3 is 0 Å². The molecule has 0 amide bonds. The maximum atomic E-state index is 3.70. The molecule has 1 atom stereocenters. The molecule has 2 nitrogen and oxygen atoms in total. The molecule has 2 aliphatic rings. The summed E-state index contributed by atoms with van der Waals surface area (Å²) in [6.07, 6.45) is 4.12. The van der Waals surface area contributed by atoms with Crippen LogP contribution in [0, 0.1) is 0 Å². The molecule has 1 unspecified atom stereocenters. The minimum Gasteiger partial charge on any atom is -0.381 e. The summed E-state index contributed by atoms with van der Waals surface area (Å²) in [5.41, 5.74) is 1.27. The maximum Gasteiger partial charge on any atom is 0.0400 e. The van der Waals surface area contributed by atoms with Gasteiger partial charge in [0.05, 0.1) is 0 Å². The monoisotopic (exact) mass is 252 g/mol. The van der Waals surface area contributed by atoms with Crippen LogP contribution in [0.1, 0.15) is 19.3 Å². The van der Waals surface area contributed by atoms with Crippen LogP contribution in [0.25, 0.3) is 10.8 Å². The zero-order valence-electron chi connectivity index (χ0n) is 11.2. The van der Waals surface area contributed by atoms with Crippen LogP contribution in [0.15, 0.2) is 42.5 Å². The number of hydrogen-bond donors (Lipinski definition) is 1. The van der Waals surface area contributed by atoms with Gasteiger partial charge < -0.3 is 5.32 Å². The second kappa shape index (κ2) is 4.53. The Morgan fingerprint density at radius 2 is 1.79 bits per heavy atom. The Hall–Kier alpha value is -1.54. The van der Waals surface area contributed by atoms with Crippen molar-refractivity contribution in [2.75, 3.05) is 18.4 Å². The highest BCUT2D eigenvalue weighted by Gasteiger charge is 2.34. The van der Waals surface area contributed by atoms with Crippen LogP contribution in [0.2, 0.25) is 0 Å². The lowest BCUT2D eigenvalue weighted by atomic mass is 10.1. The lowest BCUT2D eigenvalue weighted by Gasteiger charge is -2.17. The summed E-state index contributed by atoms with van der Waals surface area (Å²) in [6, 6.07) is 16.8. The summed E-state index contributed by atoms with van der Waals surface area (Å²) in [5, 5.41) is 6.35. The highest BCUT2D eigenvalue weighted by Crippen LogP contribution is 2.30. The molecule has 0 aromatic heterocycles. The Kier molecular flexibility index (Phi) is 2.70. The van der Waals surface area contributed by atoms with Gasteiger partial charge in [0.25, 0.3) is 0 Å². The number of nitrogens with zero attached hydrogens (tertiary/aromatic N) is 1. The molecule has 1 heterocycles. The van der Waals surface area contributed by atoms with E-state index in [1.54, 1.807) is 0 Å². The first kappa shape index (κ1) is 11.3. The normalized spacial score (nSPS) is 23.9. The average Bonchev–Trinajstić information content (AvgIpc) is 3.20. The molecule has 0 spiro atoms. The lowest BCUT2D eigenvalue weighted by molar-refractivity contribution is 0.326. The van der Waals surface area contributed by atoms with Gasteiger partial charge in [-0.2, -0.15) is 0 Å². The second-order valence-electron chi connectivity index (χ2n) is 5.92. The first-order chi connectivity index (χ1) is 9.38. The number of fused-ring (bicyclic) bond motifs is 1. The molecule has 2 heteroatoms. The van der Waals surface area contributed by atoms with E-state index in [1.807, 2.05) is 0 Å². The third kappa shape index (κ3) is 2.33. The Labute approximate surface area is 114 Å². The van der Waals surface area contributed by atoms with Crippen LogP contribution in [0.3, 0.4) is 0 Å². The van der Waals surface area contributed by atoms with Gasteiger partial charge in [-0.15, -0.1) is 0 Å². The molecule has 1 aliphatic carbocycles. The van der Waals surface area contributed by atoms with Crippen molar-refractivity contribution in [3.63, 3.8) is 0 Å². The summed E-state index contributed by atoms with van der Waals surface area (Å²) in [7, 11) is 0. The number of nitrogens with one attached hydrogen (secondary N) is 1. The number of likely N-dealkylation sites (tertiary alicyclic amines) is 1. The molecule has 0 radical (unpaired) electrons. The number of hydrogen-bond acceptors (Lipinski definition) is 2. The number of anilines is 1. The molecule has 2 fully saturated rings. The van der Waals surface area contributed by atoms with Crippen molar-refractivity contribution in [2.45, 2.75) is 31.3 Å². The zero-order chi connectivity index (χ0) is 12.7. The molecule has 4 rings (SSSR count). The van der Waals surface area contributed by atoms with Crippen LogP contribution in [-0.2, 0) is 0 Å². The largest absolute Gasteiger partial charge is 0.381 e. The van der Waals surface area contributed by atoms with Crippen molar-refractivity contribution in [2.24, 2.45) is 0 Å². The maximum absolute atomic E-state index is 3.70. The van der Waals surface area contributed by atoms with Gasteiger partial charge in [0, 0.05) is 30.9 Å². The van der Waals surface area contributed by atoms with Crippen molar-refractivity contribution in [3.8, 4) is 0 Å². The van der Waals surface area contributed by atoms with Crippen molar-refractivity contribution >= 4 is 16.5 Å². The Balaban J connectivity index is 1.48. The van der Waals surface area contributed by atoms with E-state index in [0.717, 1.165) is 6.04 Å². The third-order valence-corrected chi connectivity index (χ3v) is 4.40. The van der Waals surface area contributed by atoms with Crippen LogP contribution in [-0.4, -0.2) is 30.1 Å². The van der Waals surface area contributed by atoms with Gasteiger partial charge in [0.15, 0.2) is 0 Å². The Morgan fingerprint density at radius 3 is 2.63 bits per heavy atom. The smallest absolute Gasteiger partial charge is 0.0400 e. The van der Waals surface area contributed by atoms with Crippen molar-refractivity contribution in [3.05, 3.63) is 42.5 Å². The highest BCUT2D eigenvalue weighted by molar-refractivity contribution is 5.85. The van der Waals surface area contributed by atoms with Crippen molar-refractivity contribution in [1.82, 2.24) is 4.90 Å². The number of benzene rings is 2. The summed E-state index contributed by atoms with van der Waals surface area (Å²) in [5.74, 6) is 0. The van der Waals surface area contributed by atoms with Gasteiger partial charge in [-0.05, 0) is 42.2 Å². The van der Waals surface area contributed by atoms with Gasteiger partial charge in [-0.1, -0.05) is 30.3 Å². The fourth-order valence-electron chi connectivity index (χ4n) is 3.19. The highest BCUT2D eigenvalue weighted by atomic mass is 15.2. The van der Waals surface area contributed by atoms with Crippen LogP contribution in [0.4, 0.5) is 5.69 Å². The third-order valence-electron chi connectivity index (χ3n) is 4.40. The van der Waals surface area contributed by atoms with Gasteiger partial charge in [-0.25, -0.2) is 0 Å². The molecular formula is C17H20N2. The lowest BCUT2D eigenvalue weighted by Crippen LogP contribution is -2.27. The van der Waals surface area contributed by atoms with E-state index in [4.69, 9.17) is 0 Å². The molecular weight excluding hydrogens is 232 g/mol. The predicted molar refractivity (Wildman–Crippen MR) is 80.6 cm³/mol. The molecule has 1 saturated heterocycles. The van der Waals surface area contributed by atoms with Crippen molar-refractivity contribution in [1.29, 1.82) is 0 Å². The molecule has 1 N–H and O–H groups in total. The van der Waals surface area contributed by atoms with Gasteiger partial charge in [-0.3, -0.25) is 4.90 Å². The summed E-state index contributed by atoms with van der Waals surface area (Å²) < 4.78 is 0. The van der Waals surface area contributed by atoms with E-state index in [1.165, 1.54) is 48.8 Å². The van der Waals surface area contributed by atoms with E-state index in [0.29, 0.717) is 6.04 Å². The summed E-state index contributed by atoms with van der Waals surface area (Å²) in [6.45, 7) is 2.49. The quantitative estimate of drug-likeness (QED) is 0.899. The minimum absolute atomic E-state index is 0.627. The van der Waals surface area contributed by atoms with Crippen LogP contribution in [0.5, 0.6) is 0 Å². The molecule has 0 bridgehead atoms. The van der Waals surface area contributed by atoms with E-state index in [9.17, 15) is 0 Å². The van der Waals surface area contributed by atoms with Gasteiger partial charge in [0.2, 0.25) is 0 Å². The molecule has 1 saturated carbocycles. The molecule has 2 aromatic carbocycles.